The quantitative estimate of drug-likeness (QED) is 0.772. The van der Waals surface area contributed by atoms with Gasteiger partial charge >= 0.3 is 0 Å². The predicted octanol–water partition coefficient (Wildman–Crippen LogP) is 3.35. The summed E-state index contributed by atoms with van der Waals surface area (Å²) in [5.74, 6) is 1.89. The zero-order valence-electron chi connectivity index (χ0n) is 11.8. The number of rotatable bonds is 5. The average molecular weight is 269 g/mol. The van der Waals surface area contributed by atoms with Gasteiger partial charge in [-0.25, -0.2) is 4.98 Å². The normalized spacial score (nSPS) is 12.9. The van der Waals surface area contributed by atoms with Crippen molar-refractivity contribution in [2.75, 3.05) is 7.05 Å². The zero-order chi connectivity index (χ0) is 13.9. The average Bonchev–Trinajstić information content (AvgIpc) is 3.07. The van der Waals surface area contributed by atoms with E-state index in [1.54, 1.807) is 0 Å². The molecule has 0 saturated carbocycles. The Morgan fingerprint density at radius 2 is 2.20 bits per heavy atom. The molecule has 0 aliphatic heterocycles. The molecule has 0 saturated heterocycles. The summed E-state index contributed by atoms with van der Waals surface area (Å²) in [7, 11) is 1.93. The van der Waals surface area contributed by atoms with Crippen molar-refractivity contribution in [2.24, 2.45) is 0 Å². The molecule has 3 aromatic rings. The topological polar surface area (TPSA) is 43.0 Å². The minimum Gasteiger partial charge on any atom is -0.459 e. The van der Waals surface area contributed by atoms with Crippen LogP contribution in [0.25, 0.3) is 11.0 Å². The van der Waals surface area contributed by atoms with Crippen LogP contribution in [-0.2, 0) is 6.54 Å². The number of imidazole rings is 1. The molecule has 0 aliphatic rings. The number of fused-ring (bicyclic) bond motifs is 1. The zero-order valence-corrected chi connectivity index (χ0v) is 11.8. The molecular weight excluding hydrogens is 250 g/mol. The Morgan fingerprint density at radius 1 is 1.35 bits per heavy atom. The van der Waals surface area contributed by atoms with Crippen molar-refractivity contribution < 1.29 is 4.42 Å². The number of nitrogens with zero attached hydrogens (tertiary/aromatic N) is 2. The lowest BCUT2D eigenvalue weighted by Crippen LogP contribution is -2.21. The molecule has 1 unspecified atom stereocenters. The minimum atomic E-state index is -0.0241. The molecule has 0 bridgehead atoms. The molecule has 0 radical (unpaired) electrons. The Bertz CT molecular complexity index is 665. The first-order chi connectivity index (χ1) is 9.83. The first-order valence-corrected chi connectivity index (χ1v) is 7.00. The van der Waals surface area contributed by atoms with Gasteiger partial charge in [0.25, 0.3) is 0 Å². The third-order valence-electron chi connectivity index (χ3n) is 3.49. The molecule has 4 heteroatoms. The highest BCUT2D eigenvalue weighted by atomic mass is 16.3. The molecule has 104 valence electrons. The van der Waals surface area contributed by atoms with E-state index < -0.39 is 0 Å². The summed E-state index contributed by atoms with van der Waals surface area (Å²) in [5.41, 5.74) is 0.913. The van der Waals surface area contributed by atoms with Crippen LogP contribution < -0.4 is 5.32 Å². The summed E-state index contributed by atoms with van der Waals surface area (Å²) in [5, 5.41) is 4.43. The Kier molecular flexibility index (Phi) is 3.56. The Balaban J connectivity index is 2.02. The monoisotopic (exact) mass is 269 g/mol. The molecule has 0 spiro atoms. The highest BCUT2D eigenvalue weighted by Gasteiger charge is 2.21. The second-order valence-electron chi connectivity index (χ2n) is 4.89. The number of aryl methyl sites for hydroxylation is 1. The number of furan rings is 1. The van der Waals surface area contributed by atoms with Gasteiger partial charge in [0.2, 0.25) is 0 Å². The predicted molar refractivity (Wildman–Crippen MR) is 79.6 cm³/mol. The van der Waals surface area contributed by atoms with Crippen LogP contribution in [0.1, 0.15) is 31.0 Å². The van der Waals surface area contributed by atoms with E-state index in [0.717, 1.165) is 35.5 Å². The fourth-order valence-electron chi connectivity index (χ4n) is 2.55. The van der Waals surface area contributed by atoms with Gasteiger partial charge in [-0.2, -0.15) is 0 Å². The van der Waals surface area contributed by atoms with Crippen molar-refractivity contribution in [2.45, 2.75) is 25.9 Å². The Morgan fingerprint density at radius 3 is 2.95 bits per heavy atom. The van der Waals surface area contributed by atoms with Gasteiger partial charge in [0.05, 0.1) is 0 Å². The fourth-order valence-corrected chi connectivity index (χ4v) is 2.55. The van der Waals surface area contributed by atoms with Gasteiger partial charge in [-0.3, -0.25) is 0 Å². The van der Waals surface area contributed by atoms with Gasteiger partial charge in [0.15, 0.2) is 0 Å². The lowest BCUT2D eigenvalue weighted by atomic mass is 10.2. The number of para-hydroxylation sites is 1. The molecule has 20 heavy (non-hydrogen) atoms. The third kappa shape index (κ3) is 2.23. The van der Waals surface area contributed by atoms with Crippen LogP contribution in [0.15, 0.2) is 47.1 Å². The summed E-state index contributed by atoms with van der Waals surface area (Å²) < 4.78 is 8.14. The van der Waals surface area contributed by atoms with Gasteiger partial charge in [0.1, 0.15) is 23.2 Å². The summed E-state index contributed by atoms with van der Waals surface area (Å²) in [6.45, 7) is 3.13. The molecule has 2 heterocycles. The molecule has 1 atom stereocenters. The summed E-state index contributed by atoms with van der Waals surface area (Å²) in [6, 6.07) is 10.1. The molecular formula is C16H19N3O. The smallest absolute Gasteiger partial charge is 0.134 e. The van der Waals surface area contributed by atoms with Crippen molar-refractivity contribution in [3.8, 4) is 0 Å². The Hall–Kier alpha value is -2.07. The standard InChI is InChI=1S/C16H19N3O/c1-3-9-19-10-8-18-16(19)15(17-2)14-11-12-6-4-5-7-13(12)20-14/h4-8,10-11,15,17H,3,9H2,1-2H3. The van der Waals surface area contributed by atoms with E-state index >= 15 is 0 Å². The van der Waals surface area contributed by atoms with Crippen LogP contribution in [0.2, 0.25) is 0 Å². The van der Waals surface area contributed by atoms with E-state index in [4.69, 9.17) is 4.42 Å². The van der Waals surface area contributed by atoms with Crippen LogP contribution in [0.5, 0.6) is 0 Å². The lowest BCUT2D eigenvalue weighted by molar-refractivity contribution is 0.463. The molecule has 0 amide bonds. The molecule has 0 aliphatic carbocycles. The maximum absolute atomic E-state index is 5.96. The van der Waals surface area contributed by atoms with Crippen LogP contribution in [0.4, 0.5) is 0 Å². The number of benzene rings is 1. The van der Waals surface area contributed by atoms with Gasteiger partial charge in [-0.15, -0.1) is 0 Å². The van der Waals surface area contributed by atoms with E-state index in [9.17, 15) is 0 Å². The maximum Gasteiger partial charge on any atom is 0.134 e. The second-order valence-corrected chi connectivity index (χ2v) is 4.89. The van der Waals surface area contributed by atoms with Gasteiger partial charge in [0, 0.05) is 24.3 Å². The first-order valence-electron chi connectivity index (χ1n) is 7.00. The largest absolute Gasteiger partial charge is 0.459 e. The molecule has 3 rings (SSSR count). The highest BCUT2D eigenvalue weighted by molar-refractivity contribution is 5.77. The van der Waals surface area contributed by atoms with Crippen LogP contribution in [0.3, 0.4) is 0 Å². The van der Waals surface area contributed by atoms with Gasteiger partial charge in [-0.05, 0) is 25.6 Å². The van der Waals surface area contributed by atoms with Crippen molar-refractivity contribution in [3.63, 3.8) is 0 Å². The van der Waals surface area contributed by atoms with Gasteiger partial charge in [-0.1, -0.05) is 25.1 Å². The van der Waals surface area contributed by atoms with E-state index in [1.807, 2.05) is 37.6 Å². The number of hydrogen-bond acceptors (Lipinski definition) is 3. The highest BCUT2D eigenvalue weighted by Crippen LogP contribution is 2.27. The Labute approximate surface area is 118 Å². The number of nitrogens with one attached hydrogen (secondary N) is 1. The van der Waals surface area contributed by atoms with Crippen LogP contribution in [-0.4, -0.2) is 16.6 Å². The SMILES string of the molecule is CCCn1ccnc1C(NC)c1cc2ccccc2o1. The molecule has 2 aromatic heterocycles. The maximum atomic E-state index is 5.96. The summed E-state index contributed by atoms with van der Waals surface area (Å²) >= 11 is 0. The summed E-state index contributed by atoms with van der Waals surface area (Å²) in [6.07, 6.45) is 4.95. The molecule has 4 nitrogen and oxygen atoms in total. The molecule has 1 N–H and O–H groups in total. The molecule has 0 fully saturated rings. The fraction of sp³-hybridized carbons (Fsp3) is 0.312. The van der Waals surface area contributed by atoms with Crippen LogP contribution in [0, 0.1) is 0 Å². The lowest BCUT2D eigenvalue weighted by Gasteiger charge is -2.15. The van der Waals surface area contributed by atoms with Gasteiger partial charge < -0.3 is 14.3 Å². The van der Waals surface area contributed by atoms with E-state index in [1.165, 1.54) is 0 Å². The van der Waals surface area contributed by atoms with E-state index in [-0.39, 0.29) is 6.04 Å². The third-order valence-corrected chi connectivity index (χ3v) is 3.49. The van der Waals surface area contributed by atoms with E-state index in [0.29, 0.717) is 0 Å². The van der Waals surface area contributed by atoms with Crippen molar-refractivity contribution >= 4 is 11.0 Å². The van der Waals surface area contributed by atoms with Crippen molar-refractivity contribution in [1.82, 2.24) is 14.9 Å². The number of hydrogen-bond donors (Lipinski definition) is 1. The first kappa shape index (κ1) is 12.9. The molecule has 1 aromatic carbocycles. The second kappa shape index (κ2) is 5.51. The van der Waals surface area contributed by atoms with E-state index in [2.05, 4.69) is 33.9 Å². The van der Waals surface area contributed by atoms with Crippen molar-refractivity contribution in [1.29, 1.82) is 0 Å². The number of aromatic nitrogens is 2. The van der Waals surface area contributed by atoms with Crippen LogP contribution >= 0.6 is 0 Å². The minimum absolute atomic E-state index is 0.0241. The summed E-state index contributed by atoms with van der Waals surface area (Å²) in [4.78, 5) is 4.49. The van der Waals surface area contributed by atoms with Crippen molar-refractivity contribution in [3.05, 3.63) is 54.3 Å².